The van der Waals surface area contributed by atoms with E-state index < -0.39 is 0 Å². The predicted octanol–water partition coefficient (Wildman–Crippen LogP) is 4.62. The summed E-state index contributed by atoms with van der Waals surface area (Å²) in [6.07, 6.45) is 1.12. The first-order valence-electron chi connectivity index (χ1n) is 11.7. The van der Waals surface area contributed by atoms with Gasteiger partial charge in [0.25, 0.3) is 5.91 Å². The zero-order chi connectivity index (χ0) is 24.4. The first-order chi connectivity index (χ1) is 17.0. The molecule has 0 spiro atoms. The Morgan fingerprint density at radius 2 is 1.71 bits per heavy atom. The lowest BCUT2D eigenvalue weighted by Crippen LogP contribution is -2.41. The summed E-state index contributed by atoms with van der Waals surface area (Å²) in [5, 5.41) is 4.73. The van der Waals surface area contributed by atoms with Crippen molar-refractivity contribution >= 4 is 17.5 Å². The van der Waals surface area contributed by atoms with Crippen LogP contribution in [-0.2, 0) is 9.53 Å². The molecule has 0 N–H and O–H groups in total. The van der Waals surface area contributed by atoms with Crippen molar-refractivity contribution in [1.29, 1.82) is 0 Å². The maximum atomic E-state index is 13.6. The molecule has 0 unspecified atom stereocenters. The number of nitrogens with zero attached hydrogens (tertiary/aromatic N) is 4. The van der Waals surface area contributed by atoms with Crippen LogP contribution in [0.2, 0.25) is 0 Å². The Bertz CT molecular complexity index is 1360. The summed E-state index contributed by atoms with van der Waals surface area (Å²) in [6.45, 7) is 3.05. The van der Waals surface area contributed by atoms with Gasteiger partial charge in [-0.25, -0.2) is 13.9 Å². The van der Waals surface area contributed by atoms with Crippen LogP contribution >= 0.6 is 0 Å². The number of aromatic nitrogens is 3. The van der Waals surface area contributed by atoms with E-state index in [4.69, 9.17) is 9.84 Å². The fourth-order valence-electron chi connectivity index (χ4n) is 4.40. The van der Waals surface area contributed by atoms with Crippen LogP contribution in [0.5, 0.6) is 0 Å². The molecule has 1 amide bonds. The van der Waals surface area contributed by atoms with Gasteiger partial charge in [0.2, 0.25) is 0 Å². The third-order valence-corrected chi connectivity index (χ3v) is 6.26. The molecule has 5 rings (SSSR count). The fourth-order valence-corrected chi connectivity index (χ4v) is 4.40. The third-order valence-electron chi connectivity index (χ3n) is 6.26. The van der Waals surface area contributed by atoms with Crippen molar-refractivity contribution in [2.45, 2.75) is 19.8 Å². The van der Waals surface area contributed by atoms with Crippen LogP contribution in [-0.4, -0.2) is 51.1 Å². The molecule has 7 nitrogen and oxygen atoms in total. The van der Waals surface area contributed by atoms with E-state index >= 15 is 0 Å². The molecular formula is C27H25FN4O3. The first-order valence-corrected chi connectivity index (χ1v) is 11.7. The summed E-state index contributed by atoms with van der Waals surface area (Å²) < 4.78 is 20.4. The monoisotopic (exact) mass is 472 g/mol. The van der Waals surface area contributed by atoms with Crippen LogP contribution in [0.25, 0.3) is 28.2 Å². The van der Waals surface area contributed by atoms with Crippen LogP contribution in [0.4, 0.5) is 4.39 Å². The SMILES string of the molecule is CCOC(=O)C1CCN(C(=O)c2cc(-c3ccc(F)cc3)n3nc(-c4ccccc4)cc3n2)CC1. The molecular weight excluding hydrogens is 447 g/mol. The highest BCUT2D eigenvalue weighted by Gasteiger charge is 2.29. The van der Waals surface area contributed by atoms with Crippen LogP contribution in [0.15, 0.2) is 66.7 Å². The van der Waals surface area contributed by atoms with Crippen molar-refractivity contribution < 1.29 is 18.7 Å². The number of hydrogen-bond donors (Lipinski definition) is 0. The molecule has 1 saturated heterocycles. The predicted molar refractivity (Wildman–Crippen MR) is 129 cm³/mol. The van der Waals surface area contributed by atoms with Gasteiger partial charge in [-0.15, -0.1) is 0 Å². The van der Waals surface area contributed by atoms with E-state index in [-0.39, 0.29) is 29.3 Å². The second-order valence-electron chi connectivity index (χ2n) is 8.52. The minimum absolute atomic E-state index is 0.188. The smallest absolute Gasteiger partial charge is 0.309 e. The molecule has 1 aliphatic rings. The second kappa shape index (κ2) is 9.66. The maximum Gasteiger partial charge on any atom is 0.309 e. The Labute approximate surface area is 202 Å². The molecule has 0 bridgehead atoms. The average molecular weight is 473 g/mol. The molecule has 3 heterocycles. The maximum absolute atomic E-state index is 13.6. The van der Waals surface area contributed by atoms with E-state index in [0.29, 0.717) is 43.9 Å². The minimum Gasteiger partial charge on any atom is -0.466 e. The quantitative estimate of drug-likeness (QED) is 0.396. The molecule has 1 aliphatic heterocycles. The number of amides is 1. The summed E-state index contributed by atoms with van der Waals surface area (Å²) in [7, 11) is 0. The highest BCUT2D eigenvalue weighted by molar-refractivity contribution is 5.94. The van der Waals surface area contributed by atoms with Crippen molar-refractivity contribution in [1.82, 2.24) is 19.5 Å². The highest BCUT2D eigenvalue weighted by Crippen LogP contribution is 2.27. The topological polar surface area (TPSA) is 76.8 Å². The summed E-state index contributed by atoms with van der Waals surface area (Å²) >= 11 is 0. The number of esters is 1. The molecule has 2 aromatic carbocycles. The largest absolute Gasteiger partial charge is 0.466 e. The molecule has 2 aromatic heterocycles. The number of likely N-dealkylation sites (tertiary alicyclic amines) is 1. The second-order valence-corrected chi connectivity index (χ2v) is 8.52. The van der Waals surface area contributed by atoms with Crippen LogP contribution in [0.3, 0.4) is 0 Å². The van der Waals surface area contributed by atoms with Crippen molar-refractivity contribution in [2.75, 3.05) is 19.7 Å². The number of ether oxygens (including phenoxy) is 1. The minimum atomic E-state index is -0.342. The Hall–Kier alpha value is -4.07. The summed E-state index contributed by atoms with van der Waals surface area (Å²) in [6, 6.07) is 19.3. The molecule has 0 saturated carbocycles. The fraction of sp³-hybridized carbons (Fsp3) is 0.259. The van der Waals surface area contributed by atoms with E-state index in [2.05, 4.69) is 4.98 Å². The molecule has 8 heteroatoms. The number of piperidine rings is 1. The van der Waals surface area contributed by atoms with E-state index in [9.17, 15) is 14.0 Å². The molecule has 0 atom stereocenters. The van der Waals surface area contributed by atoms with Crippen LogP contribution in [0, 0.1) is 11.7 Å². The zero-order valence-electron chi connectivity index (χ0n) is 19.4. The van der Waals surface area contributed by atoms with Crippen LogP contribution < -0.4 is 0 Å². The number of fused-ring (bicyclic) bond motifs is 1. The number of halogens is 1. The van der Waals surface area contributed by atoms with Gasteiger partial charge in [-0.05, 0) is 50.1 Å². The van der Waals surface area contributed by atoms with Crippen molar-refractivity contribution in [3.05, 3.63) is 78.2 Å². The first kappa shape index (κ1) is 22.7. The number of benzene rings is 2. The standard InChI is InChI=1S/C27H25FN4O3/c1-2-35-27(34)20-12-14-31(15-13-20)26(33)23-16-24(19-8-10-21(28)11-9-19)32-25(29-23)17-22(30-32)18-6-4-3-5-7-18/h3-11,16-17,20H,2,12-15H2,1H3. The lowest BCUT2D eigenvalue weighted by molar-refractivity contribution is -0.149. The molecule has 0 radical (unpaired) electrons. The molecule has 1 fully saturated rings. The van der Waals surface area contributed by atoms with E-state index in [1.807, 2.05) is 36.4 Å². The van der Waals surface area contributed by atoms with Gasteiger partial charge >= 0.3 is 5.97 Å². The lowest BCUT2D eigenvalue weighted by atomic mass is 9.97. The Morgan fingerprint density at radius 1 is 1.00 bits per heavy atom. The van der Waals surface area contributed by atoms with Gasteiger partial charge in [-0.3, -0.25) is 9.59 Å². The number of carbonyl (C=O) groups is 2. The summed E-state index contributed by atoms with van der Waals surface area (Å²) in [4.78, 5) is 31.8. The number of carbonyl (C=O) groups excluding carboxylic acids is 2. The van der Waals surface area contributed by atoms with Gasteiger partial charge in [0.1, 0.15) is 11.5 Å². The highest BCUT2D eigenvalue weighted by atomic mass is 19.1. The summed E-state index contributed by atoms with van der Waals surface area (Å²) in [5.74, 6) is -0.941. The van der Waals surface area contributed by atoms with Gasteiger partial charge in [-0.2, -0.15) is 5.10 Å². The van der Waals surface area contributed by atoms with Gasteiger partial charge in [0, 0.05) is 30.3 Å². The van der Waals surface area contributed by atoms with Gasteiger partial charge in [-0.1, -0.05) is 30.3 Å². The molecule has 0 aliphatic carbocycles. The number of hydrogen-bond acceptors (Lipinski definition) is 5. The van der Waals surface area contributed by atoms with Crippen molar-refractivity contribution in [3.8, 4) is 22.5 Å². The van der Waals surface area contributed by atoms with Gasteiger partial charge in [0.15, 0.2) is 5.65 Å². The Morgan fingerprint density at radius 3 is 2.40 bits per heavy atom. The van der Waals surface area contributed by atoms with E-state index in [0.717, 1.165) is 16.8 Å². The van der Waals surface area contributed by atoms with Crippen LogP contribution in [0.1, 0.15) is 30.3 Å². The van der Waals surface area contributed by atoms with Crippen molar-refractivity contribution in [2.24, 2.45) is 5.92 Å². The van der Waals surface area contributed by atoms with E-state index in [1.54, 1.807) is 34.5 Å². The Kier molecular flexibility index (Phi) is 6.27. The summed E-state index contributed by atoms with van der Waals surface area (Å²) in [5.41, 5.74) is 3.82. The third kappa shape index (κ3) is 4.64. The normalized spacial score (nSPS) is 14.3. The van der Waals surface area contributed by atoms with Gasteiger partial charge < -0.3 is 9.64 Å². The molecule has 178 valence electrons. The van der Waals surface area contributed by atoms with E-state index in [1.165, 1.54) is 12.1 Å². The zero-order valence-corrected chi connectivity index (χ0v) is 19.4. The molecule has 35 heavy (non-hydrogen) atoms. The van der Waals surface area contributed by atoms with Crippen molar-refractivity contribution in [3.63, 3.8) is 0 Å². The molecule has 4 aromatic rings. The van der Waals surface area contributed by atoms with Gasteiger partial charge in [0.05, 0.1) is 23.9 Å². The lowest BCUT2D eigenvalue weighted by Gasteiger charge is -2.30. The average Bonchev–Trinajstić information content (AvgIpc) is 3.33. The Balaban J connectivity index is 1.50. The number of rotatable bonds is 5.